The number of nitrogens with two attached hydrogens (primary N) is 2. The summed E-state index contributed by atoms with van der Waals surface area (Å²) < 4.78 is 20.9. The van der Waals surface area contributed by atoms with Crippen LogP contribution in [0, 0.1) is 0 Å². The zero-order valence-corrected chi connectivity index (χ0v) is 11.3. The van der Waals surface area contributed by atoms with Crippen LogP contribution in [0.3, 0.4) is 0 Å². The highest BCUT2D eigenvalue weighted by Gasteiger charge is 2.55. The van der Waals surface area contributed by atoms with E-state index in [9.17, 15) is 19.7 Å². The van der Waals surface area contributed by atoms with Crippen molar-refractivity contribution in [2.75, 3.05) is 24.7 Å². The van der Waals surface area contributed by atoms with Crippen LogP contribution in [0.25, 0.3) is 11.2 Å². The Labute approximate surface area is 123 Å². The fourth-order valence-corrected chi connectivity index (χ4v) is 2.49. The van der Waals surface area contributed by atoms with E-state index in [0.29, 0.717) is 0 Å². The first-order chi connectivity index (χ1) is 10.4. The van der Waals surface area contributed by atoms with Crippen LogP contribution >= 0.6 is 0 Å². The standard InChI is InChI=1S/C11H15FN6O4/c12-4-6(21)11(1-19,2-20)22-9(4)18-3-15-5-7(13)16-10(14)17-8(5)18/h3-4,6,9,19-21H,1-2H2,(H4,13,14,16,17)/t4-,6-,9-/m0/s1. The summed E-state index contributed by atoms with van der Waals surface area (Å²) in [5, 5.41) is 28.6. The van der Waals surface area contributed by atoms with Gasteiger partial charge in [-0.3, -0.25) is 4.57 Å². The Morgan fingerprint density at radius 3 is 2.59 bits per heavy atom. The number of aliphatic hydroxyl groups is 3. The SMILES string of the molecule is Nc1nc(N)c2ncn([C@H]3OC(CO)(CO)[C@@H](O)[C@@H]3F)c2n1. The van der Waals surface area contributed by atoms with Crippen molar-refractivity contribution >= 4 is 22.9 Å². The molecule has 11 heteroatoms. The molecule has 120 valence electrons. The molecule has 10 nitrogen and oxygen atoms in total. The van der Waals surface area contributed by atoms with Gasteiger partial charge in [0.05, 0.1) is 19.5 Å². The summed E-state index contributed by atoms with van der Waals surface area (Å²) in [5.74, 6) is -0.109. The molecule has 0 aromatic carbocycles. The summed E-state index contributed by atoms with van der Waals surface area (Å²) in [4.78, 5) is 11.6. The average Bonchev–Trinajstić information content (AvgIpc) is 3.01. The van der Waals surface area contributed by atoms with Crippen LogP contribution in [0.5, 0.6) is 0 Å². The summed E-state index contributed by atoms with van der Waals surface area (Å²) in [5.41, 5.74) is 9.68. The molecule has 3 rings (SSSR count). The normalized spacial score (nSPS) is 27.5. The lowest BCUT2D eigenvalue weighted by Gasteiger charge is -2.27. The first-order valence-electron chi connectivity index (χ1n) is 6.40. The Morgan fingerprint density at radius 1 is 1.32 bits per heavy atom. The number of aromatic nitrogens is 4. The number of anilines is 2. The summed E-state index contributed by atoms with van der Waals surface area (Å²) in [6.07, 6.45) is -3.78. The number of halogens is 1. The lowest BCUT2D eigenvalue weighted by molar-refractivity contribution is -0.149. The summed E-state index contributed by atoms with van der Waals surface area (Å²) in [6, 6.07) is 0. The van der Waals surface area contributed by atoms with Crippen LogP contribution in [0.15, 0.2) is 6.33 Å². The van der Waals surface area contributed by atoms with E-state index in [1.54, 1.807) is 0 Å². The van der Waals surface area contributed by atoms with E-state index in [0.717, 1.165) is 0 Å². The van der Waals surface area contributed by atoms with Gasteiger partial charge in [-0.1, -0.05) is 0 Å². The molecule has 22 heavy (non-hydrogen) atoms. The van der Waals surface area contributed by atoms with E-state index in [2.05, 4.69) is 15.0 Å². The predicted octanol–water partition coefficient (Wildman–Crippen LogP) is -2.06. The molecule has 1 fully saturated rings. The molecule has 3 heterocycles. The zero-order chi connectivity index (χ0) is 16.1. The highest BCUT2D eigenvalue weighted by Crippen LogP contribution is 2.40. The third kappa shape index (κ3) is 1.90. The molecule has 2 aromatic rings. The molecule has 0 radical (unpaired) electrons. The van der Waals surface area contributed by atoms with Gasteiger partial charge in [0.15, 0.2) is 23.9 Å². The second-order valence-electron chi connectivity index (χ2n) is 5.07. The number of rotatable bonds is 3. The Hall–Kier alpha value is -2.08. The monoisotopic (exact) mass is 314 g/mol. The molecule has 0 saturated carbocycles. The third-order valence-corrected chi connectivity index (χ3v) is 3.74. The molecule has 0 aliphatic carbocycles. The fourth-order valence-electron chi connectivity index (χ4n) is 2.49. The molecule has 1 saturated heterocycles. The lowest BCUT2D eigenvalue weighted by Crippen LogP contribution is -2.48. The topological polar surface area (TPSA) is 166 Å². The van der Waals surface area contributed by atoms with E-state index in [1.807, 2.05) is 0 Å². The molecule has 2 aromatic heterocycles. The largest absolute Gasteiger partial charge is 0.393 e. The first-order valence-corrected chi connectivity index (χ1v) is 6.40. The number of aliphatic hydroxyl groups excluding tert-OH is 3. The van der Waals surface area contributed by atoms with Crippen LogP contribution < -0.4 is 11.5 Å². The minimum Gasteiger partial charge on any atom is -0.393 e. The van der Waals surface area contributed by atoms with Gasteiger partial charge in [0.25, 0.3) is 0 Å². The van der Waals surface area contributed by atoms with Gasteiger partial charge in [0.2, 0.25) is 5.95 Å². The number of hydrogen-bond donors (Lipinski definition) is 5. The van der Waals surface area contributed by atoms with E-state index in [4.69, 9.17) is 16.2 Å². The molecule has 0 amide bonds. The average molecular weight is 314 g/mol. The van der Waals surface area contributed by atoms with Crippen LogP contribution in [-0.4, -0.2) is 65.9 Å². The second-order valence-corrected chi connectivity index (χ2v) is 5.07. The second kappa shape index (κ2) is 4.98. The third-order valence-electron chi connectivity index (χ3n) is 3.74. The highest BCUT2D eigenvalue weighted by molar-refractivity contribution is 5.82. The van der Waals surface area contributed by atoms with Crippen molar-refractivity contribution in [2.24, 2.45) is 0 Å². The molecule has 0 unspecified atom stereocenters. The molecule has 7 N–H and O–H groups in total. The van der Waals surface area contributed by atoms with Crippen molar-refractivity contribution in [1.29, 1.82) is 0 Å². The molecular weight excluding hydrogens is 299 g/mol. The van der Waals surface area contributed by atoms with Gasteiger partial charge in [0, 0.05) is 0 Å². The molecule has 3 atom stereocenters. The maximum atomic E-state index is 14.4. The smallest absolute Gasteiger partial charge is 0.224 e. The molecule has 0 bridgehead atoms. The van der Waals surface area contributed by atoms with Crippen LogP contribution in [0.1, 0.15) is 6.23 Å². The Bertz CT molecular complexity index is 705. The fraction of sp³-hybridized carbons (Fsp3) is 0.545. The van der Waals surface area contributed by atoms with Gasteiger partial charge < -0.3 is 31.5 Å². The first kappa shape index (κ1) is 14.8. The number of ether oxygens (including phenoxy) is 1. The van der Waals surface area contributed by atoms with Crippen molar-refractivity contribution in [3.63, 3.8) is 0 Å². The number of nitrogen functional groups attached to an aromatic ring is 2. The maximum Gasteiger partial charge on any atom is 0.224 e. The van der Waals surface area contributed by atoms with Crippen LogP contribution in [0.2, 0.25) is 0 Å². The van der Waals surface area contributed by atoms with Crippen LogP contribution in [0.4, 0.5) is 16.2 Å². The van der Waals surface area contributed by atoms with E-state index < -0.39 is 37.3 Å². The Morgan fingerprint density at radius 2 is 2.00 bits per heavy atom. The molecular formula is C11H15FN6O4. The Kier molecular flexibility index (Phi) is 3.36. The Balaban J connectivity index is 2.09. The van der Waals surface area contributed by atoms with Crippen LogP contribution in [-0.2, 0) is 4.74 Å². The number of alkyl halides is 1. The lowest BCUT2D eigenvalue weighted by atomic mass is 9.98. The number of fused-ring (bicyclic) bond motifs is 1. The minimum absolute atomic E-state index is 0.0192. The number of imidazole rings is 1. The van der Waals surface area contributed by atoms with E-state index in [-0.39, 0.29) is 22.9 Å². The van der Waals surface area contributed by atoms with Gasteiger partial charge in [-0.15, -0.1) is 0 Å². The van der Waals surface area contributed by atoms with E-state index in [1.165, 1.54) is 10.9 Å². The van der Waals surface area contributed by atoms with E-state index >= 15 is 0 Å². The van der Waals surface area contributed by atoms with Gasteiger partial charge in [-0.2, -0.15) is 9.97 Å². The predicted molar refractivity (Wildman–Crippen MR) is 72.1 cm³/mol. The molecule has 1 aliphatic rings. The minimum atomic E-state index is -1.92. The van der Waals surface area contributed by atoms with Gasteiger partial charge in [0.1, 0.15) is 17.2 Å². The summed E-state index contributed by atoms with van der Waals surface area (Å²) in [6.45, 7) is -1.51. The highest BCUT2D eigenvalue weighted by atomic mass is 19.1. The van der Waals surface area contributed by atoms with Gasteiger partial charge in [-0.25, -0.2) is 9.37 Å². The van der Waals surface area contributed by atoms with Gasteiger partial charge in [-0.05, 0) is 0 Å². The van der Waals surface area contributed by atoms with Gasteiger partial charge >= 0.3 is 0 Å². The zero-order valence-electron chi connectivity index (χ0n) is 11.3. The quantitative estimate of drug-likeness (QED) is 0.428. The number of hydrogen-bond acceptors (Lipinski definition) is 9. The number of nitrogens with zero attached hydrogens (tertiary/aromatic N) is 4. The maximum absolute atomic E-state index is 14.4. The van der Waals surface area contributed by atoms with Crippen molar-refractivity contribution in [1.82, 2.24) is 19.5 Å². The van der Waals surface area contributed by atoms with Crippen molar-refractivity contribution < 1.29 is 24.4 Å². The summed E-state index contributed by atoms with van der Waals surface area (Å²) in [7, 11) is 0. The van der Waals surface area contributed by atoms with Crippen molar-refractivity contribution in [2.45, 2.75) is 24.1 Å². The van der Waals surface area contributed by atoms with Crippen molar-refractivity contribution in [3.05, 3.63) is 6.33 Å². The van der Waals surface area contributed by atoms with Crippen molar-refractivity contribution in [3.8, 4) is 0 Å². The summed E-state index contributed by atoms with van der Waals surface area (Å²) >= 11 is 0. The molecule has 1 aliphatic heterocycles. The molecule has 0 spiro atoms.